The molecule has 1 unspecified atom stereocenters. The summed E-state index contributed by atoms with van der Waals surface area (Å²) in [5.41, 5.74) is 3.32. The molecule has 0 spiro atoms. The molecule has 166 valence electrons. The second-order valence-electron chi connectivity index (χ2n) is 8.64. The minimum absolute atomic E-state index is 0.101. The number of hydrogen-bond donors (Lipinski definition) is 1. The number of amides is 1. The van der Waals surface area contributed by atoms with Gasteiger partial charge in [-0.25, -0.2) is 9.97 Å². The molecule has 2 aliphatic rings. The Hall–Kier alpha value is -2.67. The normalized spacial score (nSPS) is 19.1. The van der Waals surface area contributed by atoms with Crippen molar-refractivity contribution in [2.45, 2.75) is 45.1 Å². The maximum atomic E-state index is 12.0. The minimum atomic E-state index is 0.101. The highest BCUT2D eigenvalue weighted by Crippen LogP contribution is 2.30. The number of anilines is 1. The van der Waals surface area contributed by atoms with Crippen LogP contribution in [0.15, 0.2) is 24.3 Å². The number of nitrogens with zero attached hydrogens (tertiary/aromatic N) is 4. The average Bonchev–Trinajstić information content (AvgIpc) is 2.78. The van der Waals surface area contributed by atoms with Gasteiger partial charge in [0.1, 0.15) is 17.4 Å². The second-order valence-corrected chi connectivity index (χ2v) is 8.64. The number of rotatable bonds is 6. The van der Waals surface area contributed by atoms with E-state index in [0.29, 0.717) is 12.5 Å². The molecule has 1 aromatic carbocycles. The van der Waals surface area contributed by atoms with Crippen molar-refractivity contribution < 1.29 is 9.53 Å². The summed E-state index contributed by atoms with van der Waals surface area (Å²) in [6, 6.07) is 8.11. The van der Waals surface area contributed by atoms with E-state index in [4.69, 9.17) is 14.7 Å². The highest BCUT2D eigenvalue weighted by Gasteiger charge is 2.27. The Kier molecular flexibility index (Phi) is 6.70. The van der Waals surface area contributed by atoms with Crippen LogP contribution in [0.2, 0.25) is 0 Å². The summed E-state index contributed by atoms with van der Waals surface area (Å²) in [6.07, 6.45) is 3.93. The van der Waals surface area contributed by atoms with E-state index < -0.39 is 0 Å². The van der Waals surface area contributed by atoms with Gasteiger partial charge in [0.05, 0.1) is 19.3 Å². The highest BCUT2D eigenvalue weighted by molar-refractivity contribution is 5.74. The summed E-state index contributed by atoms with van der Waals surface area (Å²) in [5, 5.41) is 3.56. The van der Waals surface area contributed by atoms with Gasteiger partial charge in [-0.05, 0) is 44.5 Å². The zero-order chi connectivity index (χ0) is 21.8. The molecule has 7 nitrogen and oxygen atoms in total. The van der Waals surface area contributed by atoms with Gasteiger partial charge in [-0.2, -0.15) is 0 Å². The van der Waals surface area contributed by atoms with Gasteiger partial charge >= 0.3 is 0 Å². The van der Waals surface area contributed by atoms with Gasteiger partial charge < -0.3 is 19.9 Å². The topological polar surface area (TPSA) is 70.6 Å². The summed E-state index contributed by atoms with van der Waals surface area (Å²) in [6.45, 7) is 5.81. The largest absolute Gasteiger partial charge is 0.496 e. The van der Waals surface area contributed by atoms with Gasteiger partial charge in [0.15, 0.2) is 0 Å². The van der Waals surface area contributed by atoms with Crippen molar-refractivity contribution in [1.29, 1.82) is 0 Å². The van der Waals surface area contributed by atoms with Crippen molar-refractivity contribution in [3.05, 3.63) is 46.9 Å². The lowest BCUT2D eigenvalue weighted by molar-refractivity contribution is -0.129. The van der Waals surface area contributed by atoms with E-state index in [1.165, 1.54) is 12.0 Å². The molecule has 31 heavy (non-hydrogen) atoms. The third-order valence-electron chi connectivity index (χ3n) is 6.39. The van der Waals surface area contributed by atoms with Crippen LogP contribution in [0.4, 0.5) is 5.82 Å². The number of para-hydroxylation sites is 1. The Bertz CT molecular complexity index is 932. The zero-order valence-electron chi connectivity index (χ0n) is 18.9. The lowest BCUT2D eigenvalue weighted by Gasteiger charge is -2.32. The Morgan fingerprint density at radius 2 is 2.10 bits per heavy atom. The molecular formula is C24H33N5O2. The van der Waals surface area contributed by atoms with Crippen molar-refractivity contribution in [1.82, 2.24) is 19.8 Å². The highest BCUT2D eigenvalue weighted by atomic mass is 16.5. The molecule has 1 aromatic heterocycles. The second kappa shape index (κ2) is 9.64. The summed E-state index contributed by atoms with van der Waals surface area (Å²) >= 11 is 0. The van der Waals surface area contributed by atoms with Gasteiger partial charge in [0.25, 0.3) is 0 Å². The van der Waals surface area contributed by atoms with Crippen LogP contribution in [0.5, 0.6) is 5.75 Å². The van der Waals surface area contributed by atoms with Crippen LogP contribution in [0.3, 0.4) is 0 Å². The standard InChI is InChI=1S/C24H33N5O2/c1-17(30)29-14-11-21-20(16-29)24(25-12-10-18-7-4-5-9-22(18)31-3)27-23(26-21)19-8-6-13-28(2)15-19/h4-5,7,9,19H,6,8,10-16H2,1-3H3,(H,25,26,27). The van der Waals surface area contributed by atoms with Crippen LogP contribution in [-0.4, -0.2) is 66.0 Å². The number of likely N-dealkylation sites (tertiary alicyclic amines) is 1. The van der Waals surface area contributed by atoms with Crippen LogP contribution in [-0.2, 0) is 24.2 Å². The third-order valence-corrected chi connectivity index (χ3v) is 6.39. The maximum Gasteiger partial charge on any atom is 0.219 e. The molecule has 0 bridgehead atoms. The number of hydrogen-bond acceptors (Lipinski definition) is 6. The van der Waals surface area contributed by atoms with E-state index in [0.717, 1.165) is 74.1 Å². The fourth-order valence-electron chi connectivity index (χ4n) is 4.63. The first kappa shape index (κ1) is 21.6. The van der Waals surface area contributed by atoms with Crippen molar-refractivity contribution in [3.63, 3.8) is 0 Å². The molecular weight excluding hydrogens is 390 g/mol. The van der Waals surface area contributed by atoms with Crippen molar-refractivity contribution in [2.75, 3.05) is 45.7 Å². The molecule has 1 atom stereocenters. The van der Waals surface area contributed by atoms with Crippen LogP contribution >= 0.6 is 0 Å². The number of fused-ring (bicyclic) bond motifs is 1. The predicted octanol–water partition coefficient (Wildman–Crippen LogP) is 2.85. The monoisotopic (exact) mass is 423 g/mol. The van der Waals surface area contributed by atoms with Crippen LogP contribution < -0.4 is 10.1 Å². The fraction of sp³-hybridized carbons (Fsp3) is 0.542. The minimum Gasteiger partial charge on any atom is -0.496 e. The molecule has 0 aliphatic carbocycles. The van der Waals surface area contributed by atoms with Gasteiger partial charge in [-0.3, -0.25) is 4.79 Å². The molecule has 4 rings (SSSR count). The number of nitrogens with one attached hydrogen (secondary N) is 1. The van der Waals surface area contributed by atoms with Crippen molar-refractivity contribution in [2.24, 2.45) is 0 Å². The van der Waals surface area contributed by atoms with E-state index in [1.807, 2.05) is 23.1 Å². The summed E-state index contributed by atoms with van der Waals surface area (Å²) in [5.74, 6) is 3.20. The predicted molar refractivity (Wildman–Crippen MR) is 121 cm³/mol. The van der Waals surface area contributed by atoms with E-state index in [2.05, 4.69) is 23.3 Å². The average molecular weight is 424 g/mol. The Morgan fingerprint density at radius 1 is 1.26 bits per heavy atom. The van der Waals surface area contributed by atoms with E-state index >= 15 is 0 Å². The van der Waals surface area contributed by atoms with Crippen molar-refractivity contribution >= 4 is 11.7 Å². The molecule has 2 aromatic rings. The third kappa shape index (κ3) is 4.98. The fourth-order valence-corrected chi connectivity index (χ4v) is 4.63. The summed E-state index contributed by atoms with van der Waals surface area (Å²) < 4.78 is 5.49. The number of ether oxygens (including phenoxy) is 1. The van der Waals surface area contributed by atoms with E-state index in [-0.39, 0.29) is 5.91 Å². The molecule has 1 fully saturated rings. The number of carbonyl (C=O) groups excluding carboxylic acids is 1. The molecule has 2 aliphatic heterocycles. The number of piperidine rings is 1. The number of benzene rings is 1. The first-order valence-electron chi connectivity index (χ1n) is 11.2. The zero-order valence-corrected chi connectivity index (χ0v) is 18.9. The van der Waals surface area contributed by atoms with Crippen LogP contribution in [0.25, 0.3) is 0 Å². The van der Waals surface area contributed by atoms with Gasteiger partial charge in [0, 0.05) is 44.5 Å². The van der Waals surface area contributed by atoms with Gasteiger partial charge in [0.2, 0.25) is 5.91 Å². The number of aromatic nitrogens is 2. The van der Waals surface area contributed by atoms with Gasteiger partial charge in [-0.15, -0.1) is 0 Å². The Labute approximate surface area is 184 Å². The molecule has 0 saturated carbocycles. The molecule has 1 saturated heterocycles. The molecule has 3 heterocycles. The molecule has 1 amide bonds. The Balaban J connectivity index is 1.57. The Morgan fingerprint density at radius 3 is 2.87 bits per heavy atom. The molecule has 1 N–H and O–H groups in total. The lowest BCUT2D eigenvalue weighted by atomic mass is 9.96. The van der Waals surface area contributed by atoms with Crippen LogP contribution in [0.1, 0.15) is 48.3 Å². The number of carbonyl (C=O) groups is 1. The van der Waals surface area contributed by atoms with Crippen LogP contribution in [0, 0.1) is 0 Å². The first-order valence-corrected chi connectivity index (χ1v) is 11.2. The quantitative estimate of drug-likeness (QED) is 0.771. The van der Waals surface area contributed by atoms with Gasteiger partial charge in [-0.1, -0.05) is 18.2 Å². The SMILES string of the molecule is COc1ccccc1CCNc1nc(C2CCCN(C)C2)nc2c1CN(C(C)=O)CC2. The summed E-state index contributed by atoms with van der Waals surface area (Å²) in [7, 11) is 3.87. The van der Waals surface area contributed by atoms with E-state index in [1.54, 1.807) is 14.0 Å². The smallest absolute Gasteiger partial charge is 0.219 e. The number of methoxy groups -OCH3 is 1. The maximum absolute atomic E-state index is 12.0. The lowest BCUT2D eigenvalue weighted by Crippen LogP contribution is -2.36. The number of likely N-dealkylation sites (N-methyl/N-ethyl adjacent to an activating group) is 1. The molecule has 0 radical (unpaired) electrons. The molecule has 7 heteroatoms. The first-order chi connectivity index (χ1) is 15.0. The van der Waals surface area contributed by atoms with E-state index in [9.17, 15) is 4.79 Å². The summed E-state index contributed by atoms with van der Waals surface area (Å²) in [4.78, 5) is 26.2. The van der Waals surface area contributed by atoms with Crippen molar-refractivity contribution in [3.8, 4) is 5.75 Å².